The van der Waals surface area contributed by atoms with Gasteiger partial charge in [-0.2, -0.15) is 0 Å². The zero-order chi connectivity index (χ0) is 13.4. The van der Waals surface area contributed by atoms with E-state index in [-0.39, 0.29) is 0 Å². The molecule has 1 aromatic rings. The van der Waals surface area contributed by atoms with E-state index in [9.17, 15) is 0 Å². The van der Waals surface area contributed by atoms with Crippen LogP contribution < -0.4 is 5.32 Å². The molecule has 0 aliphatic carbocycles. The van der Waals surface area contributed by atoms with Crippen LogP contribution in [0.4, 0.5) is 0 Å². The lowest BCUT2D eigenvalue weighted by Gasteiger charge is -2.21. The van der Waals surface area contributed by atoms with Gasteiger partial charge in [-0.3, -0.25) is 0 Å². The summed E-state index contributed by atoms with van der Waals surface area (Å²) in [6.45, 7) is 3.95. The number of hydrogen-bond donors (Lipinski definition) is 1. The summed E-state index contributed by atoms with van der Waals surface area (Å²) in [6.07, 6.45) is 5.22. The maximum Gasteiger partial charge on any atom is 0.194 e. The Hall–Kier alpha value is -1.66. The van der Waals surface area contributed by atoms with Crippen LogP contribution in [0.3, 0.4) is 0 Å². The molecule has 0 aromatic heterocycles. The maximum absolute atomic E-state index is 5.96. The highest BCUT2D eigenvalue weighted by atomic mass is 35.5. The van der Waals surface area contributed by atoms with Crippen LogP contribution in [0, 0.1) is 12.3 Å². The number of halogens is 1. The van der Waals surface area contributed by atoms with Crippen molar-refractivity contribution >= 4 is 17.6 Å². The van der Waals surface area contributed by atoms with Gasteiger partial charge in [-0.1, -0.05) is 29.7 Å². The van der Waals surface area contributed by atoms with Gasteiger partial charge in [-0.25, -0.2) is 4.99 Å². The van der Waals surface area contributed by atoms with Gasteiger partial charge in [-0.05, 0) is 24.6 Å². The SMILES string of the molecule is C#CCN=C(NCC)N(C)Cc1cccc(Cl)c1. The summed E-state index contributed by atoms with van der Waals surface area (Å²) in [5.74, 6) is 3.31. The molecule has 1 N–H and O–H groups in total. The number of benzene rings is 1. The van der Waals surface area contributed by atoms with Gasteiger partial charge in [0.25, 0.3) is 0 Å². The van der Waals surface area contributed by atoms with Crippen molar-refractivity contribution in [2.24, 2.45) is 4.99 Å². The fourth-order valence-corrected chi connectivity index (χ4v) is 1.79. The van der Waals surface area contributed by atoms with Gasteiger partial charge in [0.15, 0.2) is 5.96 Å². The molecule has 1 rings (SSSR count). The molecule has 0 heterocycles. The van der Waals surface area contributed by atoms with Crippen molar-refractivity contribution in [2.45, 2.75) is 13.5 Å². The molecule has 0 atom stereocenters. The molecule has 0 aliphatic rings. The van der Waals surface area contributed by atoms with E-state index in [0.717, 1.165) is 29.6 Å². The molecule has 96 valence electrons. The topological polar surface area (TPSA) is 27.6 Å². The standard InChI is InChI=1S/C14H18ClN3/c1-4-9-17-14(16-5-2)18(3)11-12-7-6-8-13(15)10-12/h1,6-8,10H,5,9,11H2,2-3H3,(H,16,17). The van der Waals surface area contributed by atoms with E-state index in [1.54, 1.807) is 0 Å². The van der Waals surface area contributed by atoms with Crippen LogP contribution in [0.15, 0.2) is 29.3 Å². The molecule has 18 heavy (non-hydrogen) atoms. The molecule has 4 heteroatoms. The number of rotatable bonds is 4. The van der Waals surface area contributed by atoms with Crippen LogP contribution in [-0.2, 0) is 6.54 Å². The van der Waals surface area contributed by atoms with Crippen molar-refractivity contribution in [1.29, 1.82) is 0 Å². The zero-order valence-corrected chi connectivity index (χ0v) is 11.5. The first-order chi connectivity index (χ1) is 8.67. The summed E-state index contributed by atoms with van der Waals surface area (Å²) in [4.78, 5) is 6.33. The van der Waals surface area contributed by atoms with E-state index in [0.29, 0.717) is 6.54 Å². The predicted molar refractivity (Wildman–Crippen MR) is 77.7 cm³/mol. The van der Waals surface area contributed by atoms with Crippen molar-refractivity contribution in [1.82, 2.24) is 10.2 Å². The molecule has 0 saturated heterocycles. The Kier molecular flexibility index (Phi) is 6.10. The highest BCUT2D eigenvalue weighted by Gasteiger charge is 2.06. The second-order valence-corrected chi connectivity index (χ2v) is 4.30. The quantitative estimate of drug-likeness (QED) is 0.513. The highest BCUT2D eigenvalue weighted by molar-refractivity contribution is 6.30. The van der Waals surface area contributed by atoms with E-state index in [4.69, 9.17) is 18.0 Å². The first kappa shape index (κ1) is 14.4. The molecular formula is C14H18ClN3. The Morgan fingerprint density at radius 3 is 2.94 bits per heavy atom. The van der Waals surface area contributed by atoms with Crippen molar-refractivity contribution in [3.63, 3.8) is 0 Å². The van der Waals surface area contributed by atoms with Crippen molar-refractivity contribution in [3.05, 3.63) is 34.9 Å². The third-order valence-electron chi connectivity index (χ3n) is 2.33. The smallest absolute Gasteiger partial charge is 0.194 e. The first-order valence-corrected chi connectivity index (χ1v) is 6.22. The van der Waals surface area contributed by atoms with E-state index >= 15 is 0 Å². The van der Waals surface area contributed by atoms with Crippen LogP contribution in [0.1, 0.15) is 12.5 Å². The Morgan fingerprint density at radius 2 is 2.33 bits per heavy atom. The Labute approximate surface area is 114 Å². The van der Waals surface area contributed by atoms with Gasteiger partial charge in [-0.15, -0.1) is 6.42 Å². The third-order valence-corrected chi connectivity index (χ3v) is 2.56. The van der Waals surface area contributed by atoms with Crippen molar-refractivity contribution in [3.8, 4) is 12.3 Å². The molecule has 0 aliphatic heterocycles. The fraction of sp³-hybridized carbons (Fsp3) is 0.357. The van der Waals surface area contributed by atoms with Gasteiger partial charge < -0.3 is 10.2 Å². The molecule has 1 aromatic carbocycles. The Morgan fingerprint density at radius 1 is 1.56 bits per heavy atom. The third kappa shape index (κ3) is 4.68. The molecule has 0 unspecified atom stereocenters. The van der Waals surface area contributed by atoms with E-state index in [2.05, 4.69) is 16.2 Å². The molecule has 0 saturated carbocycles. The van der Waals surface area contributed by atoms with Gasteiger partial charge in [0, 0.05) is 25.2 Å². The minimum Gasteiger partial charge on any atom is -0.356 e. The van der Waals surface area contributed by atoms with E-state index < -0.39 is 0 Å². The van der Waals surface area contributed by atoms with Crippen molar-refractivity contribution < 1.29 is 0 Å². The normalized spacial score (nSPS) is 10.9. The summed E-state index contributed by atoms with van der Waals surface area (Å²) in [5, 5.41) is 3.94. The number of terminal acetylenes is 1. The van der Waals surface area contributed by atoms with Crippen LogP contribution in [0.2, 0.25) is 5.02 Å². The van der Waals surface area contributed by atoms with E-state index in [1.165, 1.54) is 0 Å². The lowest BCUT2D eigenvalue weighted by molar-refractivity contribution is 0.478. The van der Waals surface area contributed by atoms with Gasteiger partial charge in [0.05, 0.1) is 0 Å². The Bertz CT molecular complexity index is 449. The summed E-state index contributed by atoms with van der Waals surface area (Å²) < 4.78 is 0. The molecule has 0 fully saturated rings. The largest absolute Gasteiger partial charge is 0.356 e. The van der Waals surface area contributed by atoms with Gasteiger partial charge in [0.2, 0.25) is 0 Å². The summed E-state index contributed by atoms with van der Waals surface area (Å²) >= 11 is 5.96. The van der Waals surface area contributed by atoms with Gasteiger partial charge in [0.1, 0.15) is 6.54 Å². The molecule has 0 radical (unpaired) electrons. The average Bonchev–Trinajstić information content (AvgIpc) is 2.34. The first-order valence-electron chi connectivity index (χ1n) is 5.84. The number of nitrogens with one attached hydrogen (secondary N) is 1. The zero-order valence-electron chi connectivity index (χ0n) is 10.8. The second-order valence-electron chi connectivity index (χ2n) is 3.86. The highest BCUT2D eigenvalue weighted by Crippen LogP contribution is 2.12. The summed E-state index contributed by atoms with van der Waals surface area (Å²) in [6, 6.07) is 7.79. The summed E-state index contributed by atoms with van der Waals surface area (Å²) in [7, 11) is 1.97. The van der Waals surface area contributed by atoms with E-state index in [1.807, 2.05) is 43.1 Å². The maximum atomic E-state index is 5.96. The second kappa shape index (κ2) is 7.62. The van der Waals surface area contributed by atoms with Crippen molar-refractivity contribution in [2.75, 3.05) is 20.1 Å². The van der Waals surface area contributed by atoms with Gasteiger partial charge >= 0.3 is 0 Å². The molecule has 3 nitrogen and oxygen atoms in total. The monoisotopic (exact) mass is 263 g/mol. The number of aliphatic imine (C=N–C) groups is 1. The Balaban J connectivity index is 2.72. The number of guanidine groups is 1. The van der Waals surface area contributed by atoms with Crippen LogP contribution in [0.5, 0.6) is 0 Å². The molecular weight excluding hydrogens is 246 g/mol. The fourth-order valence-electron chi connectivity index (χ4n) is 1.57. The lowest BCUT2D eigenvalue weighted by atomic mass is 10.2. The molecule has 0 amide bonds. The van der Waals surface area contributed by atoms with Crippen LogP contribution in [0.25, 0.3) is 0 Å². The average molecular weight is 264 g/mol. The minimum atomic E-state index is 0.377. The number of hydrogen-bond acceptors (Lipinski definition) is 1. The number of nitrogens with zero attached hydrogens (tertiary/aromatic N) is 2. The minimum absolute atomic E-state index is 0.377. The summed E-state index contributed by atoms with van der Waals surface area (Å²) in [5.41, 5.74) is 1.14. The van der Waals surface area contributed by atoms with Crippen LogP contribution >= 0.6 is 11.6 Å². The molecule has 0 bridgehead atoms. The predicted octanol–water partition coefficient (Wildman–Crippen LogP) is 2.37. The van der Waals surface area contributed by atoms with Crippen LogP contribution in [-0.4, -0.2) is 31.0 Å². The lowest BCUT2D eigenvalue weighted by Crippen LogP contribution is -2.38. The molecule has 0 spiro atoms.